The fourth-order valence-electron chi connectivity index (χ4n) is 1.66. The molecule has 0 aliphatic heterocycles. The second kappa shape index (κ2) is 7.10. The largest absolute Gasteiger partial charge is 0.459 e. The molecule has 0 radical (unpaired) electrons. The quantitative estimate of drug-likeness (QED) is 0.694. The molecule has 2 heteroatoms. The topological polar surface area (TPSA) is 26.3 Å². The minimum atomic E-state index is -0.207. The number of hydrogen-bond acceptors (Lipinski definition) is 2. The molecule has 94 valence electrons. The Hall–Kier alpha value is -1.31. The van der Waals surface area contributed by atoms with Crippen molar-refractivity contribution in [1.82, 2.24) is 0 Å². The number of carbonyl (C=O) groups excluding carboxylic acids is 1. The average Bonchev–Trinajstić information content (AvgIpc) is 2.35. The van der Waals surface area contributed by atoms with Crippen LogP contribution in [0.15, 0.2) is 30.3 Å². The van der Waals surface area contributed by atoms with Crippen molar-refractivity contribution < 1.29 is 9.53 Å². The van der Waals surface area contributed by atoms with Crippen LogP contribution in [-0.2, 0) is 4.74 Å². The summed E-state index contributed by atoms with van der Waals surface area (Å²) in [4.78, 5) is 11.8. The van der Waals surface area contributed by atoms with E-state index in [0.29, 0.717) is 11.5 Å². The summed E-state index contributed by atoms with van der Waals surface area (Å²) in [6.07, 6.45) is 2.98. The molecule has 17 heavy (non-hydrogen) atoms. The number of benzene rings is 1. The van der Waals surface area contributed by atoms with E-state index in [1.54, 1.807) is 12.1 Å². The molecule has 1 unspecified atom stereocenters. The van der Waals surface area contributed by atoms with Crippen LogP contribution < -0.4 is 0 Å². The zero-order valence-corrected chi connectivity index (χ0v) is 11.0. The molecular formula is C15H22O2. The molecule has 2 nitrogen and oxygen atoms in total. The van der Waals surface area contributed by atoms with Crippen LogP contribution in [0.1, 0.15) is 50.4 Å². The standard InChI is InChI=1S/C15H22O2/c1-4-14(11-10-12(2)3)17-15(16)13-8-6-5-7-9-13/h5-9,12,14H,4,10-11H2,1-3H3. The second-order valence-electron chi connectivity index (χ2n) is 4.77. The molecule has 0 N–H and O–H groups in total. The molecule has 0 saturated carbocycles. The Bertz CT molecular complexity index is 330. The van der Waals surface area contributed by atoms with Gasteiger partial charge in [0, 0.05) is 0 Å². The van der Waals surface area contributed by atoms with Gasteiger partial charge in [0.05, 0.1) is 5.56 Å². The van der Waals surface area contributed by atoms with Gasteiger partial charge in [-0.1, -0.05) is 39.0 Å². The predicted octanol–water partition coefficient (Wildman–Crippen LogP) is 4.06. The Kier molecular flexibility index (Phi) is 5.75. The van der Waals surface area contributed by atoms with Crippen LogP contribution in [0, 0.1) is 5.92 Å². The monoisotopic (exact) mass is 234 g/mol. The first kappa shape index (κ1) is 13.8. The van der Waals surface area contributed by atoms with Gasteiger partial charge in [-0.25, -0.2) is 4.79 Å². The van der Waals surface area contributed by atoms with Gasteiger partial charge >= 0.3 is 5.97 Å². The molecule has 0 aromatic heterocycles. The Morgan fingerprint density at radius 2 is 1.82 bits per heavy atom. The van der Waals surface area contributed by atoms with Crippen LogP contribution in [0.25, 0.3) is 0 Å². The van der Waals surface area contributed by atoms with E-state index in [9.17, 15) is 4.79 Å². The van der Waals surface area contributed by atoms with Crippen molar-refractivity contribution in [2.75, 3.05) is 0 Å². The van der Waals surface area contributed by atoms with Crippen LogP contribution in [0.3, 0.4) is 0 Å². The first-order chi connectivity index (χ1) is 8.13. The first-order valence-electron chi connectivity index (χ1n) is 6.39. The van der Waals surface area contributed by atoms with Crippen molar-refractivity contribution in [1.29, 1.82) is 0 Å². The Morgan fingerprint density at radius 1 is 1.18 bits per heavy atom. The summed E-state index contributed by atoms with van der Waals surface area (Å²) in [5.41, 5.74) is 0.635. The van der Waals surface area contributed by atoms with Crippen molar-refractivity contribution >= 4 is 5.97 Å². The summed E-state index contributed by atoms with van der Waals surface area (Å²) in [5.74, 6) is 0.445. The molecule has 0 spiro atoms. The van der Waals surface area contributed by atoms with Crippen molar-refractivity contribution in [3.63, 3.8) is 0 Å². The SMILES string of the molecule is CCC(CCC(C)C)OC(=O)c1ccccc1. The van der Waals surface area contributed by atoms with E-state index >= 15 is 0 Å². The van der Waals surface area contributed by atoms with Crippen LogP contribution in [0.4, 0.5) is 0 Å². The lowest BCUT2D eigenvalue weighted by Gasteiger charge is -2.17. The Labute approximate surface area is 104 Å². The third-order valence-corrected chi connectivity index (χ3v) is 2.80. The third-order valence-electron chi connectivity index (χ3n) is 2.80. The van der Waals surface area contributed by atoms with Crippen LogP contribution in [-0.4, -0.2) is 12.1 Å². The summed E-state index contributed by atoms with van der Waals surface area (Å²) in [6.45, 7) is 6.43. The highest BCUT2D eigenvalue weighted by molar-refractivity contribution is 5.89. The highest BCUT2D eigenvalue weighted by Gasteiger charge is 2.14. The minimum absolute atomic E-state index is 0.0464. The lowest BCUT2D eigenvalue weighted by Crippen LogP contribution is -2.18. The van der Waals surface area contributed by atoms with Gasteiger partial charge in [-0.3, -0.25) is 0 Å². The van der Waals surface area contributed by atoms with E-state index in [4.69, 9.17) is 4.74 Å². The van der Waals surface area contributed by atoms with Crippen LogP contribution in [0.2, 0.25) is 0 Å². The maximum absolute atomic E-state index is 11.8. The van der Waals surface area contributed by atoms with Gasteiger partial charge in [0.2, 0.25) is 0 Å². The summed E-state index contributed by atoms with van der Waals surface area (Å²) < 4.78 is 5.50. The molecule has 0 heterocycles. The second-order valence-corrected chi connectivity index (χ2v) is 4.77. The van der Waals surface area contributed by atoms with E-state index in [1.165, 1.54) is 0 Å². The van der Waals surface area contributed by atoms with Crippen molar-refractivity contribution in [3.8, 4) is 0 Å². The van der Waals surface area contributed by atoms with Gasteiger partial charge in [-0.15, -0.1) is 0 Å². The van der Waals surface area contributed by atoms with Crippen molar-refractivity contribution in [2.45, 2.75) is 46.1 Å². The van der Waals surface area contributed by atoms with E-state index in [2.05, 4.69) is 20.8 Å². The summed E-state index contributed by atoms with van der Waals surface area (Å²) in [5, 5.41) is 0. The molecule has 0 bridgehead atoms. The van der Waals surface area contributed by atoms with Gasteiger partial charge in [0.25, 0.3) is 0 Å². The smallest absolute Gasteiger partial charge is 0.338 e. The molecule has 1 atom stereocenters. The highest BCUT2D eigenvalue weighted by Crippen LogP contribution is 2.14. The molecule has 1 aromatic carbocycles. The number of hydrogen-bond donors (Lipinski definition) is 0. The maximum atomic E-state index is 11.8. The number of rotatable bonds is 6. The zero-order chi connectivity index (χ0) is 12.7. The summed E-state index contributed by atoms with van der Waals surface area (Å²) >= 11 is 0. The predicted molar refractivity (Wildman–Crippen MR) is 70.0 cm³/mol. The lowest BCUT2D eigenvalue weighted by atomic mass is 10.0. The number of esters is 1. The first-order valence-corrected chi connectivity index (χ1v) is 6.39. The Morgan fingerprint density at radius 3 is 2.35 bits per heavy atom. The van der Waals surface area contributed by atoms with Crippen LogP contribution >= 0.6 is 0 Å². The fraction of sp³-hybridized carbons (Fsp3) is 0.533. The van der Waals surface area contributed by atoms with Gasteiger partial charge < -0.3 is 4.74 Å². The third kappa shape index (κ3) is 5.03. The van der Waals surface area contributed by atoms with Gasteiger partial charge in [0.1, 0.15) is 6.10 Å². The Balaban J connectivity index is 2.48. The van der Waals surface area contributed by atoms with E-state index in [-0.39, 0.29) is 12.1 Å². The summed E-state index contributed by atoms with van der Waals surface area (Å²) in [7, 11) is 0. The summed E-state index contributed by atoms with van der Waals surface area (Å²) in [6, 6.07) is 9.18. The number of ether oxygens (including phenoxy) is 1. The fourth-order valence-corrected chi connectivity index (χ4v) is 1.66. The lowest BCUT2D eigenvalue weighted by molar-refractivity contribution is 0.0260. The molecule has 0 fully saturated rings. The van der Waals surface area contributed by atoms with Crippen molar-refractivity contribution in [3.05, 3.63) is 35.9 Å². The van der Waals surface area contributed by atoms with Crippen LogP contribution in [0.5, 0.6) is 0 Å². The minimum Gasteiger partial charge on any atom is -0.459 e. The normalized spacial score (nSPS) is 12.5. The van der Waals surface area contributed by atoms with Gasteiger partial charge in [-0.05, 0) is 37.3 Å². The average molecular weight is 234 g/mol. The number of carbonyl (C=O) groups is 1. The molecule has 0 aliphatic rings. The van der Waals surface area contributed by atoms with E-state index in [1.807, 2.05) is 18.2 Å². The molecule has 1 rings (SSSR count). The highest BCUT2D eigenvalue weighted by atomic mass is 16.5. The molecule has 0 saturated heterocycles. The van der Waals surface area contributed by atoms with E-state index in [0.717, 1.165) is 19.3 Å². The van der Waals surface area contributed by atoms with Gasteiger partial charge in [-0.2, -0.15) is 0 Å². The molecule has 0 amide bonds. The molecular weight excluding hydrogens is 212 g/mol. The van der Waals surface area contributed by atoms with E-state index < -0.39 is 0 Å². The molecule has 1 aromatic rings. The van der Waals surface area contributed by atoms with Gasteiger partial charge in [0.15, 0.2) is 0 Å². The zero-order valence-electron chi connectivity index (χ0n) is 11.0. The molecule has 0 aliphatic carbocycles. The maximum Gasteiger partial charge on any atom is 0.338 e. The van der Waals surface area contributed by atoms with Crippen molar-refractivity contribution in [2.24, 2.45) is 5.92 Å².